The van der Waals surface area contributed by atoms with Gasteiger partial charge in [-0.3, -0.25) is 4.79 Å². The number of amides is 1. The van der Waals surface area contributed by atoms with E-state index in [0.717, 1.165) is 32.4 Å². The van der Waals surface area contributed by atoms with Crippen LogP contribution in [0.2, 0.25) is 0 Å². The van der Waals surface area contributed by atoms with E-state index in [9.17, 15) is 4.79 Å². The molecule has 1 unspecified atom stereocenters. The van der Waals surface area contributed by atoms with E-state index in [4.69, 9.17) is 0 Å². The Hall–Kier alpha value is -0.780. The molecule has 0 saturated carbocycles. The lowest BCUT2D eigenvalue weighted by molar-refractivity contribution is -0.132. The van der Waals surface area contributed by atoms with Crippen LogP contribution in [0.15, 0.2) is 18.7 Å². The molecular formula is C13H24Cl2N4O. The van der Waals surface area contributed by atoms with E-state index in [1.165, 1.54) is 0 Å². The van der Waals surface area contributed by atoms with E-state index in [1.54, 1.807) is 12.5 Å². The van der Waals surface area contributed by atoms with E-state index >= 15 is 0 Å². The van der Waals surface area contributed by atoms with Gasteiger partial charge in [0.25, 0.3) is 0 Å². The van der Waals surface area contributed by atoms with Gasteiger partial charge >= 0.3 is 0 Å². The fourth-order valence-electron chi connectivity index (χ4n) is 2.41. The fourth-order valence-corrected chi connectivity index (χ4v) is 2.41. The zero-order valence-electron chi connectivity index (χ0n) is 11.8. The average Bonchev–Trinajstić information content (AvgIpc) is 2.75. The summed E-state index contributed by atoms with van der Waals surface area (Å²) in [5.74, 6) is 0.232. The number of hydrogen-bond acceptors (Lipinski definition) is 3. The first-order chi connectivity index (χ1) is 8.77. The third kappa shape index (κ3) is 5.69. The minimum absolute atomic E-state index is 0. The maximum Gasteiger partial charge on any atom is 0.224 e. The number of aryl methyl sites for hydroxylation is 1. The molecular weight excluding hydrogens is 299 g/mol. The average molecular weight is 323 g/mol. The summed E-state index contributed by atoms with van der Waals surface area (Å²) in [6.07, 6.45) is 9.27. The smallest absolute Gasteiger partial charge is 0.224 e. The first kappa shape index (κ1) is 19.2. The Labute approximate surface area is 132 Å². The number of hydrogen-bond donors (Lipinski definition) is 1. The Kier molecular flexibility index (Phi) is 9.63. The SMILES string of the molecule is CN(C(=O)CCn1ccnc1)C1CCCNCC1.Cl.Cl. The second kappa shape index (κ2) is 10.0. The lowest BCUT2D eigenvalue weighted by Gasteiger charge is -2.27. The summed E-state index contributed by atoms with van der Waals surface area (Å²) in [5.41, 5.74) is 0. The number of rotatable bonds is 4. The highest BCUT2D eigenvalue weighted by molar-refractivity contribution is 5.85. The number of carbonyl (C=O) groups excluding carboxylic acids is 1. The van der Waals surface area contributed by atoms with Gasteiger partial charge in [-0.2, -0.15) is 0 Å². The Balaban J connectivity index is 0.00000180. The largest absolute Gasteiger partial charge is 0.343 e. The van der Waals surface area contributed by atoms with Crippen molar-refractivity contribution in [2.24, 2.45) is 0 Å². The minimum Gasteiger partial charge on any atom is -0.343 e. The maximum atomic E-state index is 12.1. The van der Waals surface area contributed by atoms with Crippen LogP contribution in [-0.2, 0) is 11.3 Å². The van der Waals surface area contributed by atoms with Gasteiger partial charge in [-0.15, -0.1) is 24.8 Å². The quantitative estimate of drug-likeness (QED) is 0.918. The molecule has 1 saturated heterocycles. The molecule has 1 aliphatic heterocycles. The molecule has 2 heterocycles. The van der Waals surface area contributed by atoms with Gasteiger partial charge < -0.3 is 14.8 Å². The number of imidazole rings is 1. The van der Waals surface area contributed by atoms with E-state index < -0.39 is 0 Å². The Morgan fingerprint density at radius 2 is 2.20 bits per heavy atom. The van der Waals surface area contributed by atoms with Crippen LogP contribution in [-0.4, -0.2) is 46.5 Å². The molecule has 1 aromatic heterocycles. The fraction of sp³-hybridized carbons (Fsp3) is 0.692. The third-order valence-corrected chi connectivity index (χ3v) is 3.63. The van der Waals surface area contributed by atoms with Crippen molar-refractivity contribution >= 4 is 30.7 Å². The molecule has 0 aliphatic carbocycles. The van der Waals surface area contributed by atoms with Gasteiger partial charge in [0.15, 0.2) is 0 Å². The molecule has 1 aromatic rings. The van der Waals surface area contributed by atoms with Gasteiger partial charge in [0.1, 0.15) is 0 Å². The zero-order chi connectivity index (χ0) is 12.8. The van der Waals surface area contributed by atoms with Gasteiger partial charge in [0, 0.05) is 38.4 Å². The van der Waals surface area contributed by atoms with Crippen LogP contribution in [0, 0.1) is 0 Å². The standard InChI is InChI=1S/C13H22N4O.2ClH/c1-16(12-3-2-6-14-7-4-12)13(18)5-9-17-10-8-15-11-17;;/h8,10-12,14H,2-7,9H2,1H3;2*1H. The van der Waals surface area contributed by atoms with Gasteiger partial charge in [-0.25, -0.2) is 4.98 Å². The van der Waals surface area contributed by atoms with Gasteiger partial charge in [0.2, 0.25) is 5.91 Å². The molecule has 1 fully saturated rings. The monoisotopic (exact) mass is 322 g/mol. The summed E-state index contributed by atoms with van der Waals surface area (Å²) < 4.78 is 1.94. The van der Waals surface area contributed by atoms with Crippen molar-refractivity contribution in [3.63, 3.8) is 0 Å². The summed E-state index contributed by atoms with van der Waals surface area (Å²) in [6, 6.07) is 0.398. The van der Waals surface area contributed by atoms with Gasteiger partial charge in [-0.05, 0) is 32.4 Å². The molecule has 20 heavy (non-hydrogen) atoms. The van der Waals surface area contributed by atoms with Crippen LogP contribution in [0.3, 0.4) is 0 Å². The second-order valence-electron chi connectivity index (χ2n) is 4.89. The van der Waals surface area contributed by atoms with Crippen LogP contribution in [0.5, 0.6) is 0 Å². The Morgan fingerprint density at radius 1 is 1.40 bits per heavy atom. The van der Waals surface area contributed by atoms with Crippen LogP contribution in [0.4, 0.5) is 0 Å². The van der Waals surface area contributed by atoms with Crippen molar-refractivity contribution in [2.45, 2.75) is 38.3 Å². The summed E-state index contributed by atoms with van der Waals surface area (Å²) in [6.45, 7) is 2.81. The molecule has 116 valence electrons. The molecule has 2 rings (SSSR count). The topological polar surface area (TPSA) is 50.2 Å². The van der Waals surface area contributed by atoms with E-state index in [1.807, 2.05) is 22.7 Å². The van der Waals surface area contributed by atoms with E-state index in [-0.39, 0.29) is 30.7 Å². The number of aromatic nitrogens is 2. The molecule has 7 heteroatoms. The first-order valence-electron chi connectivity index (χ1n) is 6.69. The molecule has 5 nitrogen and oxygen atoms in total. The van der Waals surface area contributed by atoms with E-state index in [2.05, 4.69) is 10.3 Å². The molecule has 0 spiro atoms. The molecule has 0 bridgehead atoms. The Bertz CT molecular complexity index is 364. The number of nitrogens with one attached hydrogen (secondary N) is 1. The van der Waals surface area contributed by atoms with Crippen molar-refractivity contribution in [1.82, 2.24) is 19.8 Å². The lowest BCUT2D eigenvalue weighted by Crippen LogP contribution is -2.37. The van der Waals surface area contributed by atoms with Crippen LogP contribution in [0.1, 0.15) is 25.7 Å². The summed E-state index contributed by atoms with van der Waals surface area (Å²) >= 11 is 0. The maximum absolute atomic E-state index is 12.1. The Morgan fingerprint density at radius 3 is 2.90 bits per heavy atom. The molecule has 1 aliphatic rings. The highest BCUT2D eigenvalue weighted by Crippen LogP contribution is 2.13. The van der Waals surface area contributed by atoms with Gasteiger partial charge in [0.05, 0.1) is 6.33 Å². The first-order valence-corrected chi connectivity index (χ1v) is 6.69. The lowest BCUT2D eigenvalue weighted by atomic mass is 10.1. The predicted octanol–water partition coefficient (Wildman–Crippen LogP) is 1.72. The normalized spacial score (nSPS) is 18.4. The van der Waals surface area contributed by atoms with Crippen molar-refractivity contribution in [1.29, 1.82) is 0 Å². The van der Waals surface area contributed by atoms with E-state index in [0.29, 0.717) is 19.0 Å². The highest BCUT2D eigenvalue weighted by atomic mass is 35.5. The number of carbonyl (C=O) groups is 1. The van der Waals surface area contributed by atoms with Gasteiger partial charge in [-0.1, -0.05) is 0 Å². The van der Waals surface area contributed by atoms with Crippen LogP contribution < -0.4 is 5.32 Å². The molecule has 0 radical (unpaired) electrons. The zero-order valence-corrected chi connectivity index (χ0v) is 13.5. The third-order valence-electron chi connectivity index (χ3n) is 3.63. The molecule has 1 amide bonds. The number of halogens is 2. The second-order valence-corrected chi connectivity index (χ2v) is 4.89. The predicted molar refractivity (Wildman–Crippen MR) is 84.6 cm³/mol. The summed E-state index contributed by atoms with van der Waals surface area (Å²) in [5, 5.41) is 3.38. The number of nitrogens with zero attached hydrogens (tertiary/aromatic N) is 3. The molecule has 1 atom stereocenters. The minimum atomic E-state index is 0. The van der Waals surface area contributed by atoms with Crippen molar-refractivity contribution < 1.29 is 4.79 Å². The van der Waals surface area contributed by atoms with Crippen molar-refractivity contribution in [3.05, 3.63) is 18.7 Å². The highest BCUT2D eigenvalue weighted by Gasteiger charge is 2.20. The molecule has 0 aromatic carbocycles. The summed E-state index contributed by atoms with van der Waals surface area (Å²) in [4.78, 5) is 18.0. The van der Waals surface area contributed by atoms with Crippen molar-refractivity contribution in [3.8, 4) is 0 Å². The van der Waals surface area contributed by atoms with Crippen LogP contribution >= 0.6 is 24.8 Å². The molecule has 1 N–H and O–H groups in total. The summed E-state index contributed by atoms with van der Waals surface area (Å²) in [7, 11) is 1.94. The van der Waals surface area contributed by atoms with Crippen LogP contribution in [0.25, 0.3) is 0 Å². The van der Waals surface area contributed by atoms with Crippen molar-refractivity contribution in [2.75, 3.05) is 20.1 Å².